The van der Waals surface area contributed by atoms with E-state index in [1.165, 1.54) is 0 Å². The molecule has 0 spiro atoms. The average molecular weight is 343 g/mol. The van der Waals surface area contributed by atoms with Gasteiger partial charge in [0.1, 0.15) is 11.5 Å². The Balaban J connectivity index is 1.97. The molecule has 2 atom stereocenters. The van der Waals surface area contributed by atoms with Crippen LogP contribution in [-0.2, 0) is 10.0 Å². The number of hydrogen-bond acceptors (Lipinski definition) is 4. The summed E-state index contributed by atoms with van der Waals surface area (Å²) in [6.07, 6.45) is 3.84. The van der Waals surface area contributed by atoms with Crippen LogP contribution in [0.25, 0.3) is 0 Å². The van der Waals surface area contributed by atoms with Gasteiger partial charge in [-0.25, -0.2) is 17.9 Å². The highest BCUT2D eigenvalue weighted by Gasteiger charge is 2.28. The predicted octanol–water partition coefficient (Wildman–Crippen LogP) is 1.76. The number of nitrogens with zero attached hydrogens (tertiary/aromatic N) is 1. The molecule has 0 radical (unpaired) electrons. The van der Waals surface area contributed by atoms with E-state index in [1.807, 2.05) is 26.0 Å². The lowest BCUT2D eigenvalue weighted by Crippen LogP contribution is -2.52. The molecular weight excluding hydrogens is 318 g/mol. The first kappa shape index (κ1) is 17.8. The summed E-state index contributed by atoms with van der Waals surface area (Å²) in [4.78, 5) is 14.2. The number of rotatable bonds is 5. The lowest BCUT2D eigenvalue weighted by atomic mass is 10.0. The predicted molar refractivity (Wildman–Crippen MR) is 87.6 cm³/mol. The van der Waals surface area contributed by atoms with E-state index < -0.39 is 10.0 Å². The van der Waals surface area contributed by atoms with Crippen LogP contribution in [0.2, 0.25) is 0 Å². The van der Waals surface area contributed by atoms with Crippen molar-refractivity contribution in [1.29, 1.82) is 0 Å². The Labute approximate surface area is 137 Å². The number of nitrogens with one attached hydrogen (secondary N) is 2. The van der Waals surface area contributed by atoms with E-state index in [-0.39, 0.29) is 24.7 Å². The molecule has 0 unspecified atom stereocenters. The number of likely N-dealkylation sites (tertiary alicyclic amines) is 1. The SMILES string of the molecule is Cc1ccc([C@H](C)NC(=O)N2CCCC[C@@H]2CNS(C)(=O)=O)o1. The number of urea groups is 1. The zero-order valence-electron chi connectivity index (χ0n) is 13.8. The largest absolute Gasteiger partial charge is 0.464 e. The zero-order valence-corrected chi connectivity index (χ0v) is 14.6. The van der Waals surface area contributed by atoms with E-state index in [2.05, 4.69) is 10.0 Å². The minimum Gasteiger partial charge on any atom is -0.464 e. The van der Waals surface area contributed by atoms with Crippen molar-refractivity contribution in [1.82, 2.24) is 14.9 Å². The molecule has 2 rings (SSSR count). The Hall–Kier alpha value is -1.54. The van der Waals surface area contributed by atoms with Gasteiger partial charge in [-0.05, 0) is 45.2 Å². The van der Waals surface area contributed by atoms with Crippen LogP contribution in [0.5, 0.6) is 0 Å². The van der Waals surface area contributed by atoms with Crippen LogP contribution in [0.3, 0.4) is 0 Å². The number of furan rings is 1. The maximum absolute atomic E-state index is 12.5. The molecule has 130 valence electrons. The van der Waals surface area contributed by atoms with Gasteiger partial charge >= 0.3 is 6.03 Å². The Bertz CT molecular complexity index is 641. The van der Waals surface area contributed by atoms with Gasteiger partial charge < -0.3 is 14.6 Å². The fourth-order valence-electron chi connectivity index (χ4n) is 2.75. The third-order valence-corrected chi connectivity index (χ3v) is 4.69. The van der Waals surface area contributed by atoms with Crippen LogP contribution >= 0.6 is 0 Å². The molecule has 0 bridgehead atoms. The smallest absolute Gasteiger partial charge is 0.318 e. The quantitative estimate of drug-likeness (QED) is 0.852. The number of sulfonamides is 1. The molecule has 2 N–H and O–H groups in total. The van der Waals surface area contributed by atoms with Gasteiger partial charge in [0, 0.05) is 19.1 Å². The second kappa shape index (κ2) is 7.35. The minimum absolute atomic E-state index is 0.121. The van der Waals surface area contributed by atoms with Crippen molar-refractivity contribution in [2.45, 2.75) is 45.2 Å². The van der Waals surface area contributed by atoms with Crippen LogP contribution in [0.1, 0.15) is 43.7 Å². The van der Waals surface area contributed by atoms with Crippen LogP contribution in [0, 0.1) is 6.92 Å². The summed E-state index contributed by atoms with van der Waals surface area (Å²) < 4.78 is 30.6. The molecule has 8 heteroatoms. The summed E-state index contributed by atoms with van der Waals surface area (Å²) in [5.74, 6) is 1.51. The van der Waals surface area contributed by atoms with Crippen LogP contribution in [-0.4, -0.2) is 44.7 Å². The van der Waals surface area contributed by atoms with Crippen molar-refractivity contribution >= 4 is 16.1 Å². The number of hydrogen-bond donors (Lipinski definition) is 2. The van der Waals surface area contributed by atoms with Gasteiger partial charge in [-0.3, -0.25) is 0 Å². The standard InChI is InChI=1S/C15H25N3O4S/c1-11-7-8-14(22-11)12(2)17-15(19)18-9-5-4-6-13(18)10-16-23(3,20)21/h7-8,12-13,16H,4-6,9-10H2,1-3H3,(H,17,19)/t12-,13+/m0/s1. The lowest BCUT2D eigenvalue weighted by molar-refractivity contribution is 0.148. The molecule has 1 aliphatic heterocycles. The van der Waals surface area contributed by atoms with Crippen LogP contribution in [0.15, 0.2) is 16.5 Å². The monoisotopic (exact) mass is 343 g/mol. The number of carbonyl (C=O) groups excluding carboxylic acids is 1. The van der Waals surface area contributed by atoms with Crippen molar-refractivity contribution in [3.63, 3.8) is 0 Å². The Morgan fingerprint density at radius 1 is 1.43 bits per heavy atom. The molecule has 1 fully saturated rings. The van der Waals surface area contributed by atoms with Gasteiger partial charge in [0.15, 0.2) is 0 Å². The molecule has 0 aromatic carbocycles. The number of aryl methyl sites for hydroxylation is 1. The van der Waals surface area contributed by atoms with E-state index in [1.54, 1.807) is 4.90 Å². The highest BCUT2D eigenvalue weighted by molar-refractivity contribution is 7.88. The average Bonchev–Trinajstić information content (AvgIpc) is 2.91. The number of carbonyl (C=O) groups is 1. The highest BCUT2D eigenvalue weighted by atomic mass is 32.2. The first-order chi connectivity index (χ1) is 10.8. The van der Waals surface area contributed by atoms with E-state index in [0.717, 1.165) is 31.3 Å². The fraction of sp³-hybridized carbons (Fsp3) is 0.667. The summed E-state index contributed by atoms with van der Waals surface area (Å²) in [5, 5.41) is 2.92. The Morgan fingerprint density at radius 3 is 2.78 bits per heavy atom. The third kappa shape index (κ3) is 5.24. The number of piperidine rings is 1. The summed E-state index contributed by atoms with van der Waals surface area (Å²) in [5.41, 5.74) is 0. The molecule has 1 saturated heterocycles. The molecule has 0 saturated carbocycles. The highest BCUT2D eigenvalue weighted by Crippen LogP contribution is 2.19. The van der Waals surface area contributed by atoms with E-state index in [0.29, 0.717) is 12.3 Å². The maximum Gasteiger partial charge on any atom is 0.318 e. The molecule has 1 aliphatic rings. The molecule has 1 aromatic heterocycles. The summed E-state index contributed by atoms with van der Waals surface area (Å²) in [7, 11) is -3.26. The zero-order chi connectivity index (χ0) is 17.0. The molecule has 1 aromatic rings. The molecule has 0 aliphatic carbocycles. The first-order valence-electron chi connectivity index (χ1n) is 7.84. The summed E-state index contributed by atoms with van der Waals surface area (Å²) in [6, 6.07) is 3.16. The van der Waals surface area contributed by atoms with Gasteiger partial charge in [-0.15, -0.1) is 0 Å². The van der Waals surface area contributed by atoms with Gasteiger partial charge in [0.2, 0.25) is 10.0 Å². The van der Waals surface area contributed by atoms with Crippen molar-refractivity contribution in [3.8, 4) is 0 Å². The fourth-order valence-corrected chi connectivity index (χ4v) is 3.25. The van der Waals surface area contributed by atoms with E-state index in [9.17, 15) is 13.2 Å². The van der Waals surface area contributed by atoms with E-state index >= 15 is 0 Å². The third-order valence-electron chi connectivity index (χ3n) is 4.00. The normalized spacial score (nSPS) is 20.3. The first-order valence-corrected chi connectivity index (χ1v) is 9.73. The van der Waals surface area contributed by atoms with E-state index in [4.69, 9.17) is 4.42 Å². The van der Waals surface area contributed by atoms with Gasteiger partial charge in [-0.2, -0.15) is 0 Å². The molecule has 7 nitrogen and oxygen atoms in total. The van der Waals surface area contributed by atoms with Gasteiger partial charge in [-0.1, -0.05) is 0 Å². The second-order valence-electron chi connectivity index (χ2n) is 6.08. The minimum atomic E-state index is -3.26. The summed E-state index contributed by atoms with van der Waals surface area (Å²) in [6.45, 7) is 4.60. The van der Waals surface area contributed by atoms with Crippen molar-refractivity contribution in [2.75, 3.05) is 19.3 Å². The maximum atomic E-state index is 12.5. The van der Waals surface area contributed by atoms with Crippen molar-refractivity contribution < 1.29 is 17.6 Å². The summed E-state index contributed by atoms with van der Waals surface area (Å²) >= 11 is 0. The van der Waals surface area contributed by atoms with Gasteiger partial charge in [0.05, 0.1) is 12.3 Å². The lowest BCUT2D eigenvalue weighted by Gasteiger charge is -2.36. The van der Waals surface area contributed by atoms with Gasteiger partial charge in [0.25, 0.3) is 0 Å². The Morgan fingerprint density at radius 2 is 2.17 bits per heavy atom. The molecule has 23 heavy (non-hydrogen) atoms. The van der Waals surface area contributed by atoms with Crippen LogP contribution < -0.4 is 10.0 Å². The van der Waals surface area contributed by atoms with Crippen molar-refractivity contribution in [2.24, 2.45) is 0 Å². The molecule has 2 heterocycles. The molecule has 2 amide bonds. The second-order valence-corrected chi connectivity index (χ2v) is 7.92. The molecular formula is C15H25N3O4S. The topological polar surface area (TPSA) is 91.7 Å². The van der Waals surface area contributed by atoms with Crippen molar-refractivity contribution in [3.05, 3.63) is 23.7 Å². The van der Waals surface area contributed by atoms with Crippen LogP contribution in [0.4, 0.5) is 4.79 Å². The Kier molecular flexibility index (Phi) is 5.69. The number of amides is 2.